The maximum Gasteiger partial charge on any atom is 0.150 e. The summed E-state index contributed by atoms with van der Waals surface area (Å²) in [5.41, 5.74) is 1.20. The Morgan fingerprint density at radius 2 is 2.05 bits per heavy atom. The Morgan fingerprint density at radius 3 is 2.65 bits per heavy atom. The van der Waals surface area contributed by atoms with Crippen LogP contribution in [0.2, 0.25) is 0 Å². The summed E-state index contributed by atoms with van der Waals surface area (Å²) in [5, 5.41) is 0. The van der Waals surface area contributed by atoms with Gasteiger partial charge in [0.2, 0.25) is 0 Å². The zero-order chi connectivity index (χ0) is 14.6. The molecule has 1 aromatic carbocycles. The van der Waals surface area contributed by atoms with Crippen LogP contribution in [0.5, 0.6) is 0 Å². The molecule has 0 N–H and O–H groups in total. The quantitative estimate of drug-likeness (QED) is 0.780. The van der Waals surface area contributed by atoms with E-state index in [1.807, 2.05) is 0 Å². The van der Waals surface area contributed by atoms with E-state index in [4.69, 9.17) is 0 Å². The van der Waals surface area contributed by atoms with Gasteiger partial charge in [0.05, 0.1) is 5.54 Å². The molecule has 0 saturated carbocycles. The minimum Gasteiger partial charge on any atom is -0.298 e. The average Bonchev–Trinajstić information content (AvgIpc) is 2.90. The molecule has 0 spiro atoms. The van der Waals surface area contributed by atoms with Crippen molar-refractivity contribution >= 4 is 5.78 Å². The molecular formula is C18H27NO. The number of likely N-dealkylation sites (tertiary alicyclic amines) is 1. The van der Waals surface area contributed by atoms with Crippen molar-refractivity contribution < 1.29 is 4.79 Å². The van der Waals surface area contributed by atoms with Crippen molar-refractivity contribution in [2.24, 2.45) is 0 Å². The maximum atomic E-state index is 12.2. The van der Waals surface area contributed by atoms with Crippen LogP contribution in [0.4, 0.5) is 0 Å². The lowest BCUT2D eigenvalue weighted by Crippen LogP contribution is -2.49. The van der Waals surface area contributed by atoms with Crippen molar-refractivity contribution in [2.75, 3.05) is 13.1 Å². The Morgan fingerprint density at radius 1 is 1.35 bits per heavy atom. The second-order valence-corrected chi connectivity index (χ2v) is 6.12. The van der Waals surface area contributed by atoms with Gasteiger partial charge in [-0.2, -0.15) is 0 Å². The van der Waals surface area contributed by atoms with Crippen LogP contribution < -0.4 is 0 Å². The lowest BCUT2D eigenvalue weighted by Gasteiger charge is -2.36. The van der Waals surface area contributed by atoms with Crippen LogP contribution in [0.15, 0.2) is 30.3 Å². The molecular weight excluding hydrogens is 246 g/mol. The fourth-order valence-electron chi connectivity index (χ4n) is 3.66. The molecule has 20 heavy (non-hydrogen) atoms. The predicted molar refractivity (Wildman–Crippen MR) is 84.0 cm³/mol. The number of carbonyl (C=O) groups is 1. The summed E-state index contributed by atoms with van der Waals surface area (Å²) in [4.78, 5) is 14.6. The van der Waals surface area contributed by atoms with Gasteiger partial charge in [-0.05, 0) is 57.2 Å². The van der Waals surface area contributed by atoms with Gasteiger partial charge < -0.3 is 0 Å². The van der Waals surface area contributed by atoms with Crippen LogP contribution in [0.1, 0.15) is 57.9 Å². The third-order valence-corrected chi connectivity index (χ3v) is 5.02. The third kappa shape index (κ3) is 2.95. The van der Waals surface area contributed by atoms with E-state index in [2.05, 4.69) is 49.1 Å². The van der Waals surface area contributed by atoms with E-state index in [9.17, 15) is 4.79 Å². The van der Waals surface area contributed by atoms with Gasteiger partial charge in [-0.15, -0.1) is 0 Å². The van der Waals surface area contributed by atoms with Crippen LogP contribution in [0.25, 0.3) is 0 Å². The molecule has 0 amide bonds. The van der Waals surface area contributed by atoms with E-state index in [1.165, 1.54) is 5.56 Å². The second-order valence-electron chi connectivity index (χ2n) is 6.12. The first-order valence-electron chi connectivity index (χ1n) is 7.91. The number of rotatable bonds is 6. The molecule has 2 rings (SSSR count). The highest BCUT2D eigenvalue weighted by atomic mass is 16.1. The predicted octanol–water partition coefficient (Wildman–Crippen LogP) is 4.01. The normalized spacial score (nSPS) is 24.8. The highest BCUT2D eigenvalue weighted by Gasteiger charge is 2.43. The lowest BCUT2D eigenvalue weighted by atomic mass is 9.82. The van der Waals surface area contributed by atoms with Gasteiger partial charge in [-0.25, -0.2) is 0 Å². The first kappa shape index (κ1) is 15.2. The second kappa shape index (κ2) is 6.53. The third-order valence-electron chi connectivity index (χ3n) is 5.02. The number of carbonyl (C=O) groups excluding carboxylic acids is 1. The molecule has 0 bridgehead atoms. The van der Waals surface area contributed by atoms with Crippen LogP contribution in [0, 0.1) is 0 Å². The smallest absolute Gasteiger partial charge is 0.150 e. The van der Waals surface area contributed by atoms with Crippen LogP contribution in [0.3, 0.4) is 0 Å². The van der Waals surface area contributed by atoms with Crippen molar-refractivity contribution in [3.63, 3.8) is 0 Å². The summed E-state index contributed by atoms with van der Waals surface area (Å²) in [5.74, 6) is 0.879. The highest BCUT2D eigenvalue weighted by molar-refractivity contribution is 5.86. The fourth-order valence-corrected chi connectivity index (χ4v) is 3.66. The minimum atomic E-state index is -0.183. The molecule has 0 aromatic heterocycles. The van der Waals surface area contributed by atoms with E-state index < -0.39 is 0 Å². The molecule has 1 fully saturated rings. The first-order chi connectivity index (χ1) is 9.60. The van der Waals surface area contributed by atoms with E-state index in [1.54, 1.807) is 6.92 Å². The van der Waals surface area contributed by atoms with E-state index in [0.29, 0.717) is 11.7 Å². The summed E-state index contributed by atoms with van der Waals surface area (Å²) in [6.45, 7) is 8.29. The summed E-state index contributed by atoms with van der Waals surface area (Å²) >= 11 is 0. The molecule has 0 radical (unpaired) electrons. The standard InChI is InChI=1S/C18H27NO/c1-4-19-14-8-12-18(19,16(3)20)13-11-15(2)17-9-6-5-7-10-17/h5-7,9-10,15H,4,8,11-14H2,1-3H3. The van der Waals surface area contributed by atoms with Crippen molar-refractivity contribution in [1.29, 1.82) is 0 Å². The first-order valence-corrected chi connectivity index (χ1v) is 7.91. The van der Waals surface area contributed by atoms with Gasteiger partial charge in [0.1, 0.15) is 5.78 Å². The van der Waals surface area contributed by atoms with Crippen LogP contribution >= 0.6 is 0 Å². The number of nitrogens with zero attached hydrogens (tertiary/aromatic N) is 1. The number of ketones is 1. The lowest BCUT2D eigenvalue weighted by molar-refractivity contribution is -0.127. The zero-order valence-electron chi connectivity index (χ0n) is 13.1. The van der Waals surface area contributed by atoms with Gasteiger partial charge in [-0.1, -0.05) is 44.2 Å². The Labute approximate surface area is 123 Å². The largest absolute Gasteiger partial charge is 0.298 e. The molecule has 0 aliphatic carbocycles. The topological polar surface area (TPSA) is 20.3 Å². The number of hydrogen-bond acceptors (Lipinski definition) is 2. The number of Topliss-reactive ketones (excluding diaryl/α,β-unsaturated/α-hetero) is 1. The van der Waals surface area contributed by atoms with Gasteiger partial charge in [-0.3, -0.25) is 9.69 Å². The van der Waals surface area contributed by atoms with E-state index >= 15 is 0 Å². The van der Waals surface area contributed by atoms with Crippen LogP contribution in [-0.4, -0.2) is 29.3 Å². The minimum absolute atomic E-state index is 0.183. The summed E-state index contributed by atoms with van der Waals surface area (Å²) in [7, 11) is 0. The molecule has 1 aromatic rings. The van der Waals surface area contributed by atoms with E-state index in [0.717, 1.165) is 38.8 Å². The molecule has 1 aliphatic heterocycles. The van der Waals surface area contributed by atoms with Crippen molar-refractivity contribution in [3.05, 3.63) is 35.9 Å². The Balaban J connectivity index is 2.05. The average molecular weight is 273 g/mol. The van der Waals surface area contributed by atoms with Gasteiger partial charge in [0, 0.05) is 0 Å². The monoisotopic (exact) mass is 273 g/mol. The van der Waals surface area contributed by atoms with Gasteiger partial charge in [0.15, 0.2) is 0 Å². The number of likely N-dealkylation sites (N-methyl/N-ethyl adjacent to an activating group) is 1. The molecule has 1 saturated heterocycles. The molecule has 2 atom stereocenters. The summed E-state index contributed by atoms with van der Waals surface area (Å²) in [6.07, 6.45) is 4.27. The summed E-state index contributed by atoms with van der Waals surface area (Å²) in [6, 6.07) is 10.6. The molecule has 2 nitrogen and oxygen atoms in total. The van der Waals surface area contributed by atoms with Gasteiger partial charge in [0.25, 0.3) is 0 Å². The Hall–Kier alpha value is -1.15. The maximum absolute atomic E-state index is 12.2. The van der Waals surface area contributed by atoms with Gasteiger partial charge >= 0.3 is 0 Å². The molecule has 2 unspecified atom stereocenters. The molecule has 1 heterocycles. The zero-order valence-corrected chi connectivity index (χ0v) is 13.1. The van der Waals surface area contributed by atoms with Crippen LogP contribution in [-0.2, 0) is 4.79 Å². The molecule has 2 heteroatoms. The van der Waals surface area contributed by atoms with E-state index in [-0.39, 0.29) is 5.54 Å². The fraction of sp³-hybridized carbons (Fsp3) is 0.611. The SMILES string of the molecule is CCN1CCCC1(CCC(C)c1ccccc1)C(C)=O. The highest BCUT2D eigenvalue weighted by Crippen LogP contribution is 2.36. The van der Waals surface area contributed by atoms with Crippen molar-refractivity contribution in [3.8, 4) is 0 Å². The number of hydrogen-bond donors (Lipinski definition) is 0. The van der Waals surface area contributed by atoms with Crippen molar-refractivity contribution in [2.45, 2.75) is 57.9 Å². The Kier molecular flexibility index (Phi) is 4.98. The van der Waals surface area contributed by atoms with Crippen molar-refractivity contribution in [1.82, 2.24) is 4.90 Å². The summed E-state index contributed by atoms with van der Waals surface area (Å²) < 4.78 is 0. The molecule has 110 valence electrons. The molecule has 1 aliphatic rings. The number of benzene rings is 1. The Bertz CT molecular complexity index is 442.